The number of amides is 1. The summed E-state index contributed by atoms with van der Waals surface area (Å²) >= 11 is 1.55. The molecule has 3 aromatic rings. The Morgan fingerprint density at radius 3 is 2.89 bits per heavy atom. The molecule has 0 unspecified atom stereocenters. The number of nitrogens with zero attached hydrogens (tertiary/aromatic N) is 4. The molecule has 0 saturated carbocycles. The SMILES string of the molecule is CN[C@H]1CCN(C(=O)Cc2cc3cc(-c4nnc(C)s4)ccc3cn2)C[C@@H]1F. The number of alkyl halides is 1. The van der Waals surface area contributed by atoms with Gasteiger partial charge < -0.3 is 10.2 Å². The second-order valence-corrected chi connectivity index (χ2v) is 8.26. The molecular weight excluding hydrogens is 377 g/mol. The molecule has 28 heavy (non-hydrogen) atoms. The second kappa shape index (κ2) is 7.89. The van der Waals surface area contributed by atoms with Gasteiger partial charge in [0.25, 0.3) is 0 Å². The van der Waals surface area contributed by atoms with Crippen molar-refractivity contribution in [3.8, 4) is 10.6 Å². The standard InChI is InChI=1S/C20H22FN5OS/c1-12-24-25-20(28-12)13-3-4-14-10-23-16(8-15(14)7-13)9-19(27)26-6-5-18(22-2)17(21)11-26/h3-4,7-8,10,17-18,22H,5-6,9,11H2,1-2H3/t17-,18-/m0/s1. The van der Waals surface area contributed by atoms with Gasteiger partial charge in [0.15, 0.2) is 0 Å². The molecule has 146 valence electrons. The minimum atomic E-state index is -1.04. The maximum atomic E-state index is 14.1. The summed E-state index contributed by atoms with van der Waals surface area (Å²) in [6.45, 7) is 2.63. The number of carbonyl (C=O) groups excluding carboxylic acids is 1. The zero-order valence-electron chi connectivity index (χ0n) is 15.9. The first-order valence-electron chi connectivity index (χ1n) is 9.32. The van der Waals surface area contributed by atoms with Crippen LogP contribution in [-0.4, -0.2) is 58.3 Å². The van der Waals surface area contributed by atoms with Gasteiger partial charge in [0, 0.05) is 29.7 Å². The Morgan fingerprint density at radius 2 is 2.18 bits per heavy atom. The van der Waals surface area contributed by atoms with Crippen LogP contribution in [0, 0.1) is 6.92 Å². The van der Waals surface area contributed by atoms with Crippen LogP contribution >= 0.6 is 11.3 Å². The lowest BCUT2D eigenvalue weighted by Gasteiger charge is -2.34. The highest BCUT2D eigenvalue weighted by Crippen LogP contribution is 2.27. The summed E-state index contributed by atoms with van der Waals surface area (Å²) < 4.78 is 14.1. The van der Waals surface area contributed by atoms with Crippen molar-refractivity contribution in [2.24, 2.45) is 0 Å². The molecule has 0 radical (unpaired) electrons. The minimum absolute atomic E-state index is 0.0834. The van der Waals surface area contributed by atoms with E-state index >= 15 is 0 Å². The van der Waals surface area contributed by atoms with Crippen LogP contribution in [0.15, 0.2) is 30.5 Å². The highest BCUT2D eigenvalue weighted by Gasteiger charge is 2.30. The second-order valence-electron chi connectivity index (χ2n) is 7.08. The van der Waals surface area contributed by atoms with E-state index in [9.17, 15) is 9.18 Å². The number of benzene rings is 1. The number of likely N-dealkylation sites (tertiary alicyclic amines) is 1. The number of piperidine rings is 1. The van der Waals surface area contributed by atoms with Gasteiger partial charge in [-0.2, -0.15) is 0 Å². The highest BCUT2D eigenvalue weighted by atomic mass is 32.1. The third kappa shape index (κ3) is 3.88. The van der Waals surface area contributed by atoms with Gasteiger partial charge in [-0.25, -0.2) is 4.39 Å². The van der Waals surface area contributed by atoms with Gasteiger partial charge in [-0.1, -0.05) is 23.5 Å². The maximum absolute atomic E-state index is 14.1. The predicted molar refractivity (Wildman–Crippen MR) is 108 cm³/mol. The van der Waals surface area contributed by atoms with E-state index in [4.69, 9.17) is 0 Å². The van der Waals surface area contributed by atoms with Crippen molar-refractivity contribution in [1.82, 2.24) is 25.4 Å². The first-order chi connectivity index (χ1) is 13.5. The number of fused-ring (bicyclic) bond motifs is 1. The first-order valence-corrected chi connectivity index (χ1v) is 10.1. The average Bonchev–Trinajstić information content (AvgIpc) is 3.13. The molecule has 2 atom stereocenters. The summed E-state index contributed by atoms with van der Waals surface area (Å²) in [5, 5.41) is 15.0. The predicted octanol–water partition coefficient (Wildman–Crippen LogP) is 2.76. The largest absolute Gasteiger partial charge is 0.339 e. The number of aromatic nitrogens is 3. The Morgan fingerprint density at radius 1 is 1.32 bits per heavy atom. The van der Waals surface area contributed by atoms with Crippen LogP contribution in [0.2, 0.25) is 0 Å². The summed E-state index contributed by atoms with van der Waals surface area (Å²) in [6.07, 6.45) is 1.54. The molecule has 0 spiro atoms. The molecule has 8 heteroatoms. The van der Waals surface area contributed by atoms with Crippen LogP contribution in [0.4, 0.5) is 4.39 Å². The summed E-state index contributed by atoms with van der Waals surface area (Å²) in [7, 11) is 1.76. The fourth-order valence-electron chi connectivity index (χ4n) is 3.55. The van der Waals surface area contributed by atoms with Crippen molar-refractivity contribution in [3.05, 3.63) is 41.2 Å². The van der Waals surface area contributed by atoms with Gasteiger partial charge in [-0.05, 0) is 37.9 Å². The van der Waals surface area contributed by atoms with Gasteiger partial charge >= 0.3 is 0 Å². The van der Waals surface area contributed by atoms with Crippen molar-refractivity contribution in [2.45, 2.75) is 32.0 Å². The minimum Gasteiger partial charge on any atom is -0.339 e. The lowest BCUT2D eigenvalue weighted by atomic mass is 10.0. The van der Waals surface area contributed by atoms with E-state index in [-0.39, 0.29) is 24.9 Å². The van der Waals surface area contributed by atoms with Crippen LogP contribution in [-0.2, 0) is 11.2 Å². The third-order valence-electron chi connectivity index (χ3n) is 5.15. The van der Waals surface area contributed by atoms with E-state index in [0.717, 1.165) is 26.4 Å². The van der Waals surface area contributed by atoms with Crippen LogP contribution in [0.3, 0.4) is 0 Å². The van der Waals surface area contributed by atoms with Crippen LogP contribution in [0.25, 0.3) is 21.3 Å². The van der Waals surface area contributed by atoms with E-state index in [1.165, 1.54) is 0 Å². The van der Waals surface area contributed by atoms with Crippen LogP contribution in [0.5, 0.6) is 0 Å². The molecular formula is C20H22FN5OS. The number of carbonyl (C=O) groups is 1. The van der Waals surface area contributed by atoms with Gasteiger partial charge in [-0.15, -0.1) is 10.2 Å². The molecule has 0 bridgehead atoms. The number of halogens is 1. The number of nitrogens with one attached hydrogen (secondary N) is 1. The Hall–Kier alpha value is -2.45. The molecule has 1 fully saturated rings. The lowest BCUT2D eigenvalue weighted by molar-refractivity contribution is -0.133. The summed E-state index contributed by atoms with van der Waals surface area (Å²) in [5.41, 5.74) is 1.69. The number of aryl methyl sites for hydroxylation is 1. The topological polar surface area (TPSA) is 71.0 Å². The Kier molecular flexibility index (Phi) is 5.32. The molecule has 1 N–H and O–H groups in total. The average molecular weight is 399 g/mol. The van der Waals surface area contributed by atoms with Crippen molar-refractivity contribution >= 4 is 28.0 Å². The fraction of sp³-hybridized carbons (Fsp3) is 0.400. The van der Waals surface area contributed by atoms with Gasteiger partial charge in [-0.3, -0.25) is 9.78 Å². The molecule has 1 aliphatic heterocycles. The molecule has 1 aromatic carbocycles. The summed E-state index contributed by atoms with van der Waals surface area (Å²) in [5.74, 6) is -0.0834. The van der Waals surface area contributed by atoms with Crippen molar-refractivity contribution < 1.29 is 9.18 Å². The Labute approximate surface area is 166 Å². The van der Waals surface area contributed by atoms with Gasteiger partial charge in [0.2, 0.25) is 5.91 Å². The van der Waals surface area contributed by atoms with E-state index in [0.29, 0.717) is 18.7 Å². The Balaban J connectivity index is 1.51. The zero-order valence-corrected chi connectivity index (χ0v) is 16.7. The molecule has 0 aliphatic carbocycles. The zero-order chi connectivity index (χ0) is 19.7. The van der Waals surface area contributed by atoms with E-state index in [1.807, 2.05) is 31.2 Å². The summed E-state index contributed by atoms with van der Waals surface area (Å²) in [4.78, 5) is 18.6. The van der Waals surface area contributed by atoms with Gasteiger partial charge in [0.05, 0.1) is 18.7 Å². The molecule has 4 rings (SSSR count). The van der Waals surface area contributed by atoms with Crippen molar-refractivity contribution in [1.29, 1.82) is 0 Å². The van der Waals surface area contributed by atoms with E-state index in [1.54, 1.807) is 29.5 Å². The Bertz CT molecular complexity index is 1010. The highest BCUT2D eigenvalue weighted by molar-refractivity contribution is 7.14. The number of rotatable bonds is 4. The molecule has 3 heterocycles. The molecule has 1 amide bonds. The quantitative estimate of drug-likeness (QED) is 0.731. The summed E-state index contributed by atoms with van der Waals surface area (Å²) in [6, 6.07) is 7.79. The van der Waals surface area contributed by atoms with Crippen LogP contribution < -0.4 is 5.32 Å². The smallest absolute Gasteiger partial charge is 0.228 e. The van der Waals surface area contributed by atoms with E-state index in [2.05, 4.69) is 20.5 Å². The molecule has 1 saturated heterocycles. The van der Waals surface area contributed by atoms with Crippen molar-refractivity contribution in [3.63, 3.8) is 0 Å². The third-order valence-corrected chi connectivity index (χ3v) is 6.04. The van der Waals surface area contributed by atoms with Crippen molar-refractivity contribution in [2.75, 3.05) is 20.1 Å². The lowest BCUT2D eigenvalue weighted by Crippen LogP contribution is -2.51. The molecule has 1 aliphatic rings. The van der Waals surface area contributed by atoms with Crippen LogP contribution in [0.1, 0.15) is 17.1 Å². The molecule has 6 nitrogen and oxygen atoms in total. The van der Waals surface area contributed by atoms with Gasteiger partial charge in [0.1, 0.15) is 16.2 Å². The number of hydrogen-bond donors (Lipinski definition) is 1. The number of pyridine rings is 1. The maximum Gasteiger partial charge on any atom is 0.228 e. The molecule has 2 aromatic heterocycles. The van der Waals surface area contributed by atoms with E-state index < -0.39 is 6.17 Å². The monoisotopic (exact) mass is 399 g/mol. The normalized spacial score (nSPS) is 19.9. The first kappa shape index (κ1) is 18.9. The number of hydrogen-bond acceptors (Lipinski definition) is 6. The fourth-order valence-corrected chi connectivity index (χ4v) is 4.24.